The maximum atomic E-state index is 12.0. The Morgan fingerprint density at radius 2 is 1.94 bits per heavy atom. The van der Waals surface area contributed by atoms with E-state index in [-0.39, 0.29) is 24.4 Å². The Balaban J connectivity index is 3.07. The zero-order valence-electron chi connectivity index (χ0n) is 9.34. The van der Waals surface area contributed by atoms with Crippen LogP contribution in [0.2, 0.25) is 0 Å². The maximum Gasteiger partial charge on any atom is 0.259 e. The van der Waals surface area contributed by atoms with E-state index in [1.54, 1.807) is 19.1 Å². The Morgan fingerprint density at radius 3 is 2.47 bits per heavy atom. The van der Waals surface area contributed by atoms with Crippen LogP contribution in [-0.4, -0.2) is 29.0 Å². The van der Waals surface area contributed by atoms with Crippen molar-refractivity contribution in [3.8, 4) is 17.9 Å². The Hall–Kier alpha value is -2.53. The van der Waals surface area contributed by atoms with Gasteiger partial charge >= 0.3 is 0 Å². The van der Waals surface area contributed by atoms with Gasteiger partial charge < -0.3 is 10.0 Å². The van der Waals surface area contributed by atoms with E-state index in [2.05, 4.69) is 0 Å². The minimum atomic E-state index is -0.519. The fraction of sp³-hybridized carbons (Fsp3) is 0.250. The number of amides is 1. The Bertz CT molecular complexity index is 495. The summed E-state index contributed by atoms with van der Waals surface area (Å²) in [6, 6.07) is 8.39. The van der Waals surface area contributed by atoms with Gasteiger partial charge in [-0.05, 0) is 18.6 Å². The van der Waals surface area contributed by atoms with Crippen LogP contribution < -0.4 is 0 Å². The third-order valence-electron chi connectivity index (χ3n) is 2.28. The van der Waals surface area contributed by atoms with Crippen LogP contribution in [0.15, 0.2) is 18.2 Å². The summed E-state index contributed by atoms with van der Waals surface area (Å²) in [6.45, 7) is 1.31. The SMILES string of the molecule is Cc1cccc(C(=O)N(CC#N)CC#N)c1O. The molecule has 0 unspecified atom stereocenters. The van der Waals surface area contributed by atoms with Gasteiger partial charge in [0.1, 0.15) is 18.8 Å². The average Bonchev–Trinajstić information content (AvgIpc) is 2.31. The number of nitriles is 2. The predicted molar refractivity (Wildman–Crippen MR) is 60.0 cm³/mol. The van der Waals surface area contributed by atoms with E-state index in [0.717, 1.165) is 4.90 Å². The molecule has 0 atom stereocenters. The number of carbonyl (C=O) groups excluding carboxylic acids is 1. The highest BCUT2D eigenvalue weighted by Gasteiger charge is 2.19. The van der Waals surface area contributed by atoms with Crippen molar-refractivity contribution in [2.24, 2.45) is 0 Å². The van der Waals surface area contributed by atoms with Crippen molar-refractivity contribution in [3.63, 3.8) is 0 Å². The lowest BCUT2D eigenvalue weighted by molar-refractivity contribution is 0.0791. The summed E-state index contributed by atoms with van der Waals surface area (Å²) >= 11 is 0. The molecule has 0 saturated heterocycles. The lowest BCUT2D eigenvalue weighted by atomic mass is 10.1. The average molecular weight is 229 g/mol. The normalized spacial score (nSPS) is 9.12. The first-order chi connectivity index (χ1) is 8.11. The van der Waals surface area contributed by atoms with Crippen LogP contribution in [0.1, 0.15) is 15.9 Å². The minimum absolute atomic E-state index is 0.107. The molecule has 0 bridgehead atoms. The van der Waals surface area contributed by atoms with E-state index in [4.69, 9.17) is 10.5 Å². The van der Waals surface area contributed by atoms with Crippen LogP contribution in [0.5, 0.6) is 5.75 Å². The van der Waals surface area contributed by atoms with Crippen LogP contribution in [0.4, 0.5) is 0 Å². The largest absolute Gasteiger partial charge is 0.507 e. The fourth-order valence-corrected chi connectivity index (χ4v) is 1.37. The van der Waals surface area contributed by atoms with Gasteiger partial charge in [0.15, 0.2) is 0 Å². The molecule has 0 aliphatic rings. The highest BCUT2D eigenvalue weighted by Crippen LogP contribution is 2.22. The van der Waals surface area contributed by atoms with Gasteiger partial charge in [0.2, 0.25) is 0 Å². The molecular weight excluding hydrogens is 218 g/mol. The van der Waals surface area contributed by atoms with E-state index >= 15 is 0 Å². The number of phenols is 1. The van der Waals surface area contributed by atoms with E-state index in [1.165, 1.54) is 6.07 Å². The number of para-hydroxylation sites is 1. The number of hydrogen-bond donors (Lipinski definition) is 1. The number of hydrogen-bond acceptors (Lipinski definition) is 4. The predicted octanol–water partition coefficient (Wildman–Crippen LogP) is 1.19. The summed E-state index contributed by atoms with van der Waals surface area (Å²) in [5.74, 6) is -0.632. The molecule has 0 aromatic heterocycles. The van der Waals surface area contributed by atoms with Crippen LogP contribution >= 0.6 is 0 Å². The topological polar surface area (TPSA) is 88.1 Å². The molecule has 0 aliphatic carbocycles. The molecule has 5 nitrogen and oxygen atoms in total. The molecule has 0 saturated carbocycles. The van der Waals surface area contributed by atoms with Gasteiger partial charge in [-0.1, -0.05) is 12.1 Å². The second kappa shape index (κ2) is 5.53. The van der Waals surface area contributed by atoms with Gasteiger partial charge in [-0.2, -0.15) is 10.5 Å². The van der Waals surface area contributed by atoms with Crippen LogP contribution in [0, 0.1) is 29.6 Å². The third kappa shape index (κ3) is 2.73. The number of aryl methyl sites for hydroxylation is 1. The van der Waals surface area contributed by atoms with Crippen molar-refractivity contribution in [2.75, 3.05) is 13.1 Å². The van der Waals surface area contributed by atoms with Crippen molar-refractivity contribution in [2.45, 2.75) is 6.92 Å². The summed E-state index contributed by atoms with van der Waals surface area (Å²) in [5, 5.41) is 26.9. The Labute approximate surface area is 99.1 Å². The molecule has 0 heterocycles. The van der Waals surface area contributed by atoms with E-state index in [0.29, 0.717) is 5.56 Å². The van der Waals surface area contributed by atoms with Crippen LogP contribution in [0.3, 0.4) is 0 Å². The molecule has 1 amide bonds. The van der Waals surface area contributed by atoms with Crippen molar-refractivity contribution in [1.82, 2.24) is 4.90 Å². The number of rotatable bonds is 3. The second-order valence-corrected chi connectivity index (χ2v) is 3.45. The van der Waals surface area contributed by atoms with Gasteiger partial charge in [0.25, 0.3) is 5.91 Å². The Morgan fingerprint density at radius 1 is 1.35 bits per heavy atom. The van der Waals surface area contributed by atoms with E-state index in [1.807, 2.05) is 12.1 Å². The highest BCUT2D eigenvalue weighted by molar-refractivity contribution is 5.97. The molecule has 0 radical (unpaired) electrons. The molecule has 1 N–H and O–H groups in total. The molecule has 5 heteroatoms. The molecule has 0 spiro atoms. The Kier molecular flexibility index (Phi) is 4.08. The molecule has 86 valence electrons. The van der Waals surface area contributed by atoms with Crippen molar-refractivity contribution >= 4 is 5.91 Å². The molecular formula is C12H11N3O2. The van der Waals surface area contributed by atoms with Crippen LogP contribution in [-0.2, 0) is 0 Å². The first-order valence-electron chi connectivity index (χ1n) is 4.93. The molecule has 1 rings (SSSR count). The lowest BCUT2D eigenvalue weighted by Crippen LogP contribution is -2.31. The zero-order valence-corrected chi connectivity index (χ0v) is 9.34. The maximum absolute atomic E-state index is 12.0. The number of aromatic hydroxyl groups is 1. The number of nitrogens with zero attached hydrogens (tertiary/aromatic N) is 3. The highest BCUT2D eigenvalue weighted by atomic mass is 16.3. The summed E-state index contributed by atoms with van der Waals surface area (Å²) in [6.07, 6.45) is 0. The second-order valence-electron chi connectivity index (χ2n) is 3.45. The van der Waals surface area contributed by atoms with E-state index in [9.17, 15) is 9.90 Å². The zero-order chi connectivity index (χ0) is 12.8. The van der Waals surface area contributed by atoms with Crippen molar-refractivity contribution < 1.29 is 9.90 Å². The molecule has 17 heavy (non-hydrogen) atoms. The van der Waals surface area contributed by atoms with Gasteiger partial charge in [-0.15, -0.1) is 0 Å². The molecule has 0 aliphatic heterocycles. The lowest BCUT2D eigenvalue weighted by Gasteiger charge is -2.16. The van der Waals surface area contributed by atoms with Gasteiger partial charge in [0.05, 0.1) is 17.7 Å². The molecule has 1 aromatic carbocycles. The van der Waals surface area contributed by atoms with Crippen LogP contribution in [0.25, 0.3) is 0 Å². The number of benzene rings is 1. The quantitative estimate of drug-likeness (QED) is 0.788. The van der Waals surface area contributed by atoms with E-state index < -0.39 is 5.91 Å². The number of phenolic OH excluding ortho intramolecular Hbond substituents is 1. The summed E-state index contributed by atoms with van der Waals surface area (Å²) in [7, 11) is 0. The monoisotopic (exact) mass is 229 g/mol. The van der Waals surface area contributed by atoms with Gasteiger partial charge in [0, 0.05) is 0 Å². The molecule has 0 fully saturated rings. The van der Waals surface area contributed by atoms with Gasteiger partial charge in [-0.25, -0.2) is 0 Å². The standard InChI is InChI=1S/C12H11N3O2/c1-9-3-2-4-10(11(9)16)12(17)15(7-5-13)8-6-14/h2-4,16H,7-8H2,1H3. The van der Waals surface area contributed by atoms with Crippen molar-refractivity contribution in [1.29, 1.82) is 10.5 Å². The smallest absolute Gasteiger partial charge is 0.259 e. The third-order valence-corrected chi connectivity index (χ3v) is 2.28. The summed E-state index contributed by atoms with van der Waals surface area (Å²) < 4.78 is 0. The van der Waals surface area contributed by atoms with Crippen molar-refractivity contribution in [3.05, 3.63) is 29.3 Å². The number of carbonyl (C=O) groups is 1. The van der Waals surface area contributed by atoms with Gasteiger partial charge in [-0.3, -0.25) is 4.79 Å². The minimum Gasteiger partial charge on any atom is -0.507 e. The molecule has 1 aromatic rings. The first-order valence-corrected chi connectivity index (χ1v) is 4.93. The first kappa shape index (κ1) is 12.5. The summed E-state index contributed by atoms with van der Waals surface area (Å²) in [5.41, 5.74) is 0.681. The summed E-state index contributed by atoms with van der Waals surface area (Å²) in [4.78, 5) is 13.0. The fourth-order valence-electron chi connectivity index (χ4n) is 1.37.